The Hall–Kier alpha value is -4.01. The minimum Gasteiger partial charge on any atom is -0.481 e. The van der Waals surface area contributed by atoms with Crippen molar-refractivity contribution >= 4 is 17.2 Å². The summed E-state index contributed by atoms with van der Waals surface area (Å²) < 4.78 is 16.8. The maximum atomic E-state index is 10.8. The second-order valence-corrected chi connectivity index (χ2v) is 6.78. The van der Waals surface area contributed by atoms with E-state index < -0.39 is 12.6 Å². The molecule has 9 nitrogen and oxygen atoms in total. The fraction of sp³-hybridized carbons (Fsp3) is 0.190. The minimum absolute atomic E-state index is 0.127. The van der Waals surface area contributed by atoms with Gasteiger partial charge < -0.3 is 19.0 Å². The molecule has 0 unspecified atom stereocenters. The number of oxazole rings is 1. The Morgan fingerprint density at radius 2 is 1.83 bits per heavy atom. The Bertz CT molecular complexity index is 1230. The largest absolute Gasteiger partial charge is 0.481 e. The number of fused-ring (bicyclic) bond motifs is 1. The van der Waals surface area contributed by atoms with Crippen LogP contribution in [0.1, 0.15) is 16.7 Å². The van der Waals surface area contributed by atoms with E-state index in [9.17, 15) is 4.79 Å². The first-order chi connectivity index (χ1) is 14.4. The molecule has 1 N–H and O–H groups in total. The number of aliphatic carboxylic acids is 1. The Balaban J connectivity index is 1.63. The van der Waals surface area contributed by atoms with Crippen molar-refractivity contribution in [1.82, 2.24) is 19.9 Å². The van der Waals surface area contributed by atoms with Crippen molar-refractivity contribution in [3.8, 4) is 29.0 Å². The van der Waals surface area contributed by atoms with Crippen molar-refractivity contribution in [2.75, 3.05) is 6.61 Å². The summed E-state index contributed by atoms with van der Waals surface area (Å²) in [5.41, 5.74) is 4.00. The highest BCUT2D eigenvalue weighted by atomic mass is 16.5. The van der Waals surface area contributed by atoms with E-state index in [1.54, 1.807) is 12.4 Å². The lowest BCUT2D eigenvalue weighted by Crippen LogP contribution is -2.10. The fourth-order valence-electron chi connectivity index (χ4n) is 3.02. The van der Waals surface area contributed by atoms with Crippen molar-refractivity contribution in [2.24, 2.45) is 0 Å². The zero-order valence-corrected chi connectivity index (χ0v) is 16.5. The highest BCUT2D eigenvalue weighted by Gasteiger charge is 2.15. The maximum absolute atomic E-state index is 10.8. The lowest BCUT2D eigenvalue weighted by atomic mass is 10.1. The van der Waals surface area contributed by atoms with Gasteiger partial charge in [-0.2, -0.15) is 4.98 Å². The number of nitrogens with zero attached hydrogens (tertiary/aromatic N) is 4. The van der Waals surface area contributed by atoms with Gasteiger partial charge in [0, 0.05) is 11.8 Å². The molecule has 3 heterocycles. The van der Waals surface area contributed by atoms with Gasteiger partial charge >= 0.3 is 12.0 Å². The third-order valence-corrected chi connectivity index (χ3v) is 4.24. The Morgan fingerprint density at radius 1 is 1.07 bits per heavy atom. The number of carboxylic acid groups (broad SMARTS) is 1. The van der Waals surface area contributed by atoms with Gasteiger partial charge in [-0.25, -0.2) is 14.8 Å². The molecule has 0 amide bonds. The fourth-order valence-corrected chi connectivity index (χ4v) is 3.02. The molecule has 0 saturated carbocycles. The molecule has 1 aromatic carbocycles. The molecule has 9 heteroatoms. The zero-order valence-electron chi connectivity index (χ0n) is 16.5. The van der Waals surface area contributed by atoms with Crippen LogP contribution in [0.2, 0.25) is 0 Å². The van der Waals surface area contributed by atoms with Gasteiger partial charge in [0.1, 0.15) is 17.0 Å². The zero-order chi connectivity index (χ0) is 21.3. The number of ether oxygens (including phenoxy) is 2. The number of pyridine rings is 1. The van der Waals surface area contributed by atoms with Crippen LogP contribution in [0.5, 0.6) is 17.5 Å². The van der Waals surface area contributed by atoms with E-state index in [0.717, 1.165) is 22.3 Å². The van der Waals surface area contributed by atoms with E-state index in [-0.39, 0.29) is 11.7 Å². The monoisotopic (exact) mass is 406 g/mol. The number of benzene rings is 1. The van der Waals surface area contributed by atoms with Crippen LogP contribution in [0, 0.1) is 20.8 Å². The molecular formula is C21H18N4O5. The number of rotatable bonds is 6. The van der Waals surface area contributed by atoms with Gasteiger partial charge in [0.2, 0.25) is 5.89 Å². The first-order valence-electron chi connectivity index (χ1n) is 9.08. The van der Waals surface area contributed by atoms with Gasteiger partial charge in [0.15, 0.2) is 6.61 Å². The summed E-state index contributed by atoms with van der Waals surface area (Å²) >= 11 is 0. The third-order valence-electron chi connectivity index (χ3n) is 4.24. The number of hydrogen-bond donors (Lipinski definition) is 1. The van der Waals surface area contributed by atoms with E-state index >= 15 is 0 Å². The van der Waals surface area contributed by atoms with E-state index in [1.165, 1.54) is 6.20 Å². The SMILES string of the molecule is Cc1cncc(Oc2ncc3nc(-c4cc(C)c(OCC(=O)O)c(C)c4)oc3n2)c1. The summed E-state index contributed by atoms with van der Waals surface area (Å²) in [5, 5.41) is 8.82. The van der Waals surface area contributed by atoms with Crippen molar-refractivity contribution in [3.63, 3.8) is 0 Å². The summed E-state index contributed by atoms with van der Waals surface area (Å²) in [5.74, 6) is 0.385. The van der Waals surface area contributed by atoms with Crippen LogP contribution in [0.4, 0.5) is 0 Å². The van der Waals surface area contributed by atoms with Crippen LogP contribution in [-0.4, -0.2) is 37.6 Å². The highest BCUT2D eigenvalue weighted by Crippen LogP contribution is 2.31. The number of aryl methyl sites for hydroxylation is 3. The van der Waals surface area contributed by atoms with E-state index in [0.29, 0.717) is 22.9 Å². The minimum atomic E-state index is -1.03. The van der Waals surface area contributed by atoms with Gasteiger partial charge in [0.05, 0.1) is 12.4 Å². The molecule has 3 aromatic heterocycles. The first-order valence-corrected chi connectivity index (χ1v) is 9.08. The molecule has 0 radical (unpaired) electrons. The summed E-state index contributed by atoms with van der Waals surface area (Å²) in [6.45, 7) is 5.17. The molecule has 0 aliphatic carbocycles. The molecule has 0 aliphatic heterocycles. The van der Waals surface area contributed by atoms with Crippen LogP contribution >= 0.6 is 0 Å². The van der Waals surface area contributed by atoms with Crippen LogP contribution in [-0.2, 0) is 4.79 Å². The van der Waals surface area contributed by atoms with E-state index in [4.69, 9.17) is 19.0 Å². The van der Waals surface area contributed by atoms with Gasteiger partial charge in [0.25, 0.3) is 5.71 Å². The molecule has 4 aromatic rings. The normalized spacial score (nSPS) is 10.9. The number of aromatic nitrogens is 4. The molecule has 30 heavy (non-hydrogen) atoms. The number of carboxylic acids is 1. The lowest BCUT2D eigenvalue weighted by molar-refractivity contribution is -0.139. The second-order valence-electron chi connectivity index (χ2n) is 6.78. The van der Waals surface area contributed by atoms with Crippen molar-refractivity contribution in [2.45, 2.75) is 20.8 Å². The Labute approximate surface area is 171 Å². The Kier molecular flexibility index (Phi) is 5.01. The molecule has 0 spiro atoms. The average molecular weight is 406 g/mol. The van der Waals surface area contributed by atoms with Gasteiger partial charge in [-0.1, -0.05) is 0 Å². The topological polar surface area (TPSA) is 120 Å². The molecule has 0 fully saturated rings. The van der Waals surface area contributed by atoms with Gasteiger partial charge in [-0.05, 0) is 55.7 Å². The summed E-state index contributed by atoms with van der Waals surface area (Å²) in [4.78, 5) is 27.7. The quantitative estimate of drug-likeness (QED) is 0.509. The molecule has 0 aliphatic rings. The number of carbonyl (C=O) groups is 1. The third kappa shape index (κ3) is 4.04. The van der Waals surface area contributed by atoms with Crippen molar-refractivity contribution < 1.29 is 23.8 Å². The lowest BCUT2D eigenvalue weighted by Gasteiger charge is -2.11. The predicted octanol–water partition coefficient (Wildman–Crippen LogP) is 3.86. The van der Waals surface area contributed by atoms with Crippen LogP contribution in [0.25, 0.3) is 22.7 Å². The first kappa shape index (κ1) is 19.3. The van der Waals surface area contributed by atoms with Crippen molar-refractivity contribution in [3.05, 3.63) is 53.5 Å². The maximum Gasteiger partial charge on any atom is 0.341 e. The summed E-state index contributed by atoms with van der Waals surface area (Å²) in [6, 6.07) is 5.59. The van der Waals surface area contributed by atoms with Crippen LogP contribution in [0.3, 0.4) is 0 Å². The molecular weight excluding hydrogens is 388 g/mol. The average Bonchev–Trinajstić information content (AvgIpc) is 3.10. The van der Waals surface area contributed by atoms with Crippen molar-refractivity contribution in [1.29, 1.82) is 0 Å². The van der Waals surface area contributed by atoms with E-state index in [2.05, 4.69) is 19.9 Å². The van der Waals surface area contributed by atoms with Crippen LogP contribution < -0.4 is 9.47 Å². The van der Waals surface area contributed by atoms with E-state index in [1.807, 2.05) is 39.0 Å². The second kappa shape index (κ2) is 7.78. The molecule has 152 valence electrons. The molecule has 0 bridgehead atoms. The van der Waals surface area contributed by atoms with Gasteiger partial charge in [-0.15, -0.1) is 0 Å². The smallest absolute Gasteiger partial charge is 0.341 e. The molecule has 0 atom stereocenters. The van der Waals surface area contributed by atoms with Gasteiger partial charge in [-0.3, -0.25) is 4.98 Å². The standard InChI is InChI=1S/C21H18N4O5/c1-11-4-15(8-22-7-11)29-21-23-9-16-20(25-21)30-19(24-16)14-5-12(2)18(13(3)6-14)28-10-17(26)27/h4-9H,10H2,1-3H3,(H,26,27). The Morgan fingerprint density at radius 3 is 2.53 bits per heavy atom. The van der Waals surface area contributed by atoms with Crippen LogP contribution in [0.15, 0.2) is 41.2 Å². The molecule has 4 rings (SSSR count). The highest BCUT2D eigenvalue weighted by molar-refractivity contribution is 5.73. The predicted molar refractivity (Wildman–Crippen MR) is 107 cm³/mol. The molecule has 0 saturated heterocycles. The summed E-state index contributed by atoms with van der Waals surface area (Å²) in [7, 11) is 0. The number of hydrogen-bond acceptors (Lipinski definition) is 8. The summed E-state index contributed by atoms with van der Waals surface area (Å²) in [6.07, 6.45) is 4.82.